The van der Waals surface area contributed by atoms with Gasteiger partial charge in [-0.15, -0.1) is 6.42 Å². The van der Waals surface area contributed by atoms with E-state index in [1.54, 1.807) is 19.3 Å². The van der Waals surface area contributed by atoms with Gasteiger partial charge < -0.3 is 15.3 Å². The van der Waals surface area contributed by atoms with Crippen LogP contribution in [0.1, 0.15) is 42.1 Å². The normalized spacial score (nSPS) is 18.8. The van der Waals surface area contributed by atoms with Gasteiger partial charge in [-0.2, -0.15) is 5.10 Å². The number of carbonyl (C=O) groups excluding carboxylic acids is 3. The number of Topliss-reactive ketones (excluding diaryl/α,β-unsaturated/α-hetero) is 1. The van der Waals surface area contributed by atoms with Crippen molar-refractivity contribution in [3.63, 3.8) is 0 Å². The molecule has 2 N–H and O–H groups in total. The molecule has 3 atom stereocenters. The number of terminal acetylenes is 1. The van der Waals surface area contributed by atoms with Gasteiger partial charge >= 0.3 is 5.97 Å². The zero-order valence-corrected chi connectivity index (χ0v) is 21.6. The van der Waals surface area contributed by atoms with Crippen LogP contribution in [0.25, 0.3) is 22.0 Å². The summed E-state index contributed by atoms with van der Waals surface area (Å²) < 4.78 is 1.46. The first-order valence-corrected chi connectivity index (χ1v) is 12.1. The first-order valence-electron chi connectivity index (χ1n) is 12.1. The number of carboxylic acid groups (broad SMARTS) is 1. The maximum Gasteiger partial charge on any atom is 0.322 e. The summed E-state index contributed by atoms with van der Waals surface area (Å²) in [6.45, 7) is 6.07. The summed E-state index contributed by atoms with van der Waals surface area (Å²) in [6, 6.07) is 2.17. The fourth-order valence-electron chi connectivity index (χ4n) is 4.97. The van der Waals surface area contributed by atoms with Crippen LogP contribution in [0.15, 0.2) is 24.5 Å². The minimum absolute atomic E-state index is 0.173. The summed E-state index contributed by atoms with van der Waals surface area (Å²) >= 11 is 0. The van der Waals surface area contributed by atoms with Gasteiger partial charge in [-0.05, 0) is 49.4 Å². The number of aryl methyl sites for hydroxylation is 2. The number of hydrogen-bond acceptors (Lipinski definition) is 7. The number of nitrogens with zero attached hydrogens (tertiary/aromatic N) is 5. The quantitative estimate of drug-likeness (QED) is 0.357. The highest BCUT2D eigenvalue weighted by atomic mass is 16.4. The Labute approximate surface area is 219 Å². The number of hydrogen-bond donors (Lipinski definition) is 2. The molecule has 11 heteroatoms. The average molecular weight is 517 g/mol. The van der Waals surface area contributed by atoms with Gasteiger partial charge in [0.25, 0.3) is 0 Å². The molecule has 0 spiro atoms. The van der Waals surface area contributed by atoms with Crippen molar-refractivity contribution in [2.45, 2.75) is 52.7 Å². The van der Waals surface area contributed by atoms with E-state index in [1.807, 2.05) is 26.0 Å². The molecule has 38 heavy (non-hydrogen) atoms. The van der Waals surface area contributed by atoms with Crippen molar-refractivity contribution < 1.29 is 24.3 Å². The van der Waals surface area contributed by atoms with Crippen LogP contribution in [0.4, 0.5) is 0 Å². The minimum Gasteiger partial charge on any atom is -0.480 e. The van der Waals surface area contributed by atoms with Crippen LogP contribution in [0.5, 0.6) is 0 Å². The Morgan fingerprint density at radius 2 is 1.84 bits per heavy atom. The van der Waals surface area contributed by atoms with Crippen molar-refractivity contribution in [1.29, 1.82) is 0 Å². The summed E-state index contributed by atoms with van der Waals surface area (Å²) in [7, 11) is 0. The van der Waals surface area contributed by atoms with E-state index in [9.17, 15) is 19.2 Å². The SMILES string of the molecule is C#C[C@@H]1[C@@H](C)C[C@@H](C(=O)NCC(=O)O)N1C(=O)Cn1nc(C(C)=O)c2cc(-c3cnc(C)nc3)cc(C)c21. The second kappa shape index (κ2) is 10.4. The Hall–Kier alpha value is -4.59. The smallest absolute Gasteiger partial charge is 0.322 e. The Balaban J connectivity index is 1.72. The highest BCUT2D eigenvalue weighted by molar-refractivity contribution is 6.07. The Kier molecular flexibility index (Phi) is 7.26. The molecule has 1 aromatic carbocycles. The monoisotopic (exact) mass is 516 g/mol. The molecule has 0 saturated carbocycles. The largest absolute Gasteiger partial charge is 0.480 e. The van der Waals surface area contributed by atoms with Crippen molar-refractivity contribution in [2.75, 3.05) is 6.54 Å². The number of amides is 2. The molecule has 3 aromatic rings. The van der Waals surface area contributed by atoms with Gasteiger partial charge in [0.05, 0.1) is 11.6 Å². The maximum absolute atomic E-state index is 13.6. The third-order valence-corrected chi connectivity index (χ3v) is 6.71. The van der Waals surface area contributed by atoms with Gasteiger partial charge in [0, 0.05) is 30.3 Å². The van der Waals surface area contributed by atoms with E-state index >= 15 is 0 Å². The second-order valence-corrected chi connectivity index (χ2v) is 9.52. The molecule has 1 aliphatic heterocycles. The number of aliphatic carboxylic acids is 1. The lowest BCUT2D eigenvalue weighted by Gasteiger charge is -2.27. The van der Waals surface area contributed by atoms with Crippen LogP contribution in [-0.2, 0) is 20.9 Å². The summed E-state index contributed by atoms with van der Waals surface area (Å²) in [5.74, 6) is 0.565. The molecule has 1 aliphatic rings. The molecule has 4 rings (SSSR count). The van der Waals surface area contributed by atoms with Crippen LogP contribution in [0.2, 0.25) is 0 Å². The van der Waals surface area contributed by atoms with E-state index in [2.05, 4.69) is 26.3 Å². The number of carbonyl (C=O) groups is 4. The first-order chi connectivity index (χ1) is 18.0. The highest BCUT2D eigenvalue weighted by Gasteiger charge is 2.44. The molecule has 11 nitrogen and oxygen atoms in total. The second-order valence-electron chi connectivity index (χ2n) is 9.52. The van der Waals surface area contributed by atoms with E-state index in [4.69, 9.17) is 11.5 Å². The minimum atomic E-state index is -1.19. The van der Waals surface area contributed by atoms with Crippen LogP contribution >= 0.6 is 0 Å². The fraction of sp³-hybridized carbons (Fsp3) is 0.370. The predicted octanol–water partition coefficient (Wildman–Crippen LogP) is 1.75. The molecule has 1 fully saturated rings. The zero-order valence-electron chi connectivity index (χ0n) is 21.6. The molecule has 0 radical (unpaired) electrons. The first kappa shape index (κ1) is 26.5. The van der Waals surface area contributed by atoms with E-state index in [-0.39, 0.29) is 23.9 Å². The summed E-state index contributed by atoms with van der Waals surface area (Å²) in [5.41, 5.74) is 3.18. The van der Waals surface area contributed by atoms with E-state index in [0.29, 0.717) is 23.1 Å². The molecule has 0 aliphatic carbocycles. The van der Waals surface area contributed by atoms with Gasteiger partial charge in [-0.25, -0.2) is 9.97 Å². The standard InChI is InChI=1S/C27H28N6O5/c1-6-21-14(2)8-22(27(38)30-12-24(36)37)33(21)23(35)13-32-26-15(3)7-18(19-10-28-17(5)29-11-19)9-20(26)25(31-32)16(4)34/h1,7,9-11,14,21-22H,8,12-13H2,2-5H3,(H,30,38)(H,36,37)/t14-,21+,22-/m0/s1. The number of likely N-dealkylation sites (tertiary alicyclic amines) is 1. The third-order valence-electron chi connectivity index (χ3n) is 6.71. The Morgan fingerprint density at radius 1 is 1.16 bits per heavy atom. The Bertz CT molecular complexity index is 1490. The van der Waals surface area contributed by atoms with Crippen molar-refractivity contribution in [3.8, 4) is 23.5 Å². The molecule has 0 bridgehead atoms. The van der Waals surface area contributed by atoms with Crippen LogP contribution in [0.3, 0.4) is 0 Å². The van der Waals surface area contributed by atoms with Gasteiger partial charge in [-0.3, -0.25) is 23.9 Å². The number of carboxylic acids is 1. The van der Waals surface area contributed by atoms with Crippen LogP contribution in [-0.4, -0.2) is 72.0 Å². The topological polar surface area (TPSA) is 147 Å². The van der Waals surface area contributed by atoms with E-state index in [1.165, 1.54) is 16.5 Å². The van der Waals surface area contributed by atoms with Gasteiger partial charge in [-0.1, -0.05) is 12.8 Å². The van der Waals surface area contributed by atoms with Crippen molar-refractivity contribution >= 4 is 34.5 Å². The van der Waals surface area contributed by atoms with Crippen molar-refractivity contribution in [2.24, 2.45) is 5.92 Å². The number of fused-ring (bicyclic) bond motifs is 1. The highest BCUT2D eigenvalue weighted by Crippen LogP contribution is 2.32. The van der Waals surface area contributed by atoms with Crippen LogP contribution < -0.4 is 5.32 Å². The molecule has 3 heterocycles. The molecule has 2 aromatic heterocycles. The average Bonchev–Trinajstić information content (AvgIpc) is 3.40. The Morgan fingerprint density at radius 3 is 2.45 bits per heavy atom. The van der Waals surface area contributed by atoms with Crippen molar-refractivity contribution in [1.82, 2.24) is 30.0 Å². The summed E-state index contributed by atoms with van der Waals surface area (Å²) in [4.78, 5) is 59.6. The van der Waals surface area contributed by atoms with Gasteiger partial charge in [0.15, 0.2) is 5.78 Å². The van der Waals surface area contributed by atoms with Gasteiger partial charge in [0.1, 0.15) is 30.6 Å². The summed E-state index contributed by atoms with van der Waals surface area (Å²) in [6.07, 6.45) is 9.43. The molecule has 2 amide bonds. The van der Waals surface area contributed by atoms with Crippen molar-refractivity contribution in [3.05, 3.63) is 41.6 Å². The maximum atomic E-state index is 13.6. The summed E-state index contributed by atoms with van der Waals surface area (Å²) in [5, 5.41) is 16.3. The zero-order chi connectivity index (χ0) is 27.7. The third kappa shape index (κ3) is 4.98. The number of benzene rings is 1. The lowest BCUT2D eigenvalue weighted by Crippen LogP contribution is -2.50. The van der Waals surface area contributed by atoms with E-state index in [0.717, 1.165) is 16.7 Å². The lowest BCUT2D eigenvalue weighted by atomic mass is 10.0. The molecule has 196 valence electrons. The van der Waals surface area contributed by atoms with Crippen LogP contribution in [0, 0.1) is 32.1 Å². The molecular weight excluding hydrogens is 488 g/mol. The predicted molar refractivity (Wildman–Crippen MR) is 138 cm³/mol. The fourth-order valence-corrected chi connectivity index (χ4v) is 4.97. The molecule has 1 saturated heterocycles. The number of ketones is 1. The molecular formula is C27H28N6O5. The number of aromatic nitrogens is 4. The number of nitrogens with one attached hydrogen (secondary N) is 1. The van der Waals surface area contributed by atoms with E-state index < -0.39 is 36.4 Å². The molecule has 0 unspecified atom stereocenters. The lowest BCUT2D eigenvalue weighted by molar-refractivity contribution is -0.141. The van der Waals surface area contributed by atoms with Gasteiger partial charge in [0.2, 0.25) is 11.8 Å². The number of rotatable bonds is 7.